The highest BCUT2D eigenvalue weighted by atomic mass is 15.3. The Kier molecular flexibility index (Phi) is 5.36. The van der Waals surface area contributed by atoms with Crippen LogP contribution in [0.1, 0.15) is 37.2 Å². The van der Waals surface area contributed by atoms with Crippen LogP contribution in [0.15, 0.2) is 24.8 Å². The molecule has 132 valence electrons. The van der Waals surface area contributed by atoms with Gasteiger partial charge >= 0.3 is 0 Å². The van der Waals surface area contributed by atoms with Crippen molar-refractivity contribution in [2.24, 2.45) is 13.0 Å². The largest absolute Gasteiger partial charge is 0.336 e. The van der Waals surface area contributed by atoms with E-state index in [-0.39, 0.29) is 0 Å². The van der Waals surface area contributed by atoms with Gasteiger partial charge in [-0.05, 0) is 52.4 Å². The fraction of sp³-hybridized carbons (Fsp3) is 0.667. The van der Waals surface area contributed by atoms with Crippen molar-refractivity contribution in [3.05, 3.63) is 36.2 Å². The lowest BCUT2D eigenvalue weighted by Crippen LogP contribution is -2.41. The normalized spacial score (nSPS) is 22.4. The van der Waals surface area contributed by atoms with E-state index in [1.807, 2.05) is 18.7 Å². The zero-order chi connectivity index (χ0) is 17.1. The summed E-state index contributed by atoms with van der Waals surface area (Å²) in [5.74, 6) is 0.627. The first-order chi connectivity index (χ1) is 11.6. The Balaban J connectivity index is 1.70. The summed E-state index contributed by atoms with van der Waals surface area (Å²) in [6, 6.07) is 2.58. The summed E-state index contributed by atoms with van der Waals surface area (Å²) in [5, 5.41) is 4.38. The van der Waals surface area contributed by atoms with Gasteiger partial charge in [-0.3, -0.25) is 9.58 Å². The van der Waals surface area contributed by atoms with Crippen molar-refractivity contribution in [2.75, 3.05) is 27.2 Å². The molecule has 3 heterocycles. The van der Waals surface area contributed by atoms with Crippen molar-refractivity contribution in [3.8, 4) is 0 Å². The molecule has 0 radical (unpaired) electrons. The molecule has 0 bridgehead atoms. The first-order valence-electron chi connectivity index (χ1n) is 8.95. The molecule has 0 N–H and O–H groups in total. The lowest BCUT2D eigenvalue weighted by molar-refractivity contribution is 0.0873. The number of hydrogen-bond acceptors (Lipinski definition) is 4. The highest BCUT2D eigenvalue weighted by Crippen LogP contribution is 2.35. The molecule has 1 aliphatic rings. The maximum atomic E-state index is 4.38. The number of nitrogens with zero attached hydrogens (tertiary/aromatic N) is 6. The first-order valence-corrected chi connectivity index (χ1v) is 8.95. The number of aromatic nitrogens is 4. The van der Waals surface area contributed by atoms with Gasteiger partial charge in [0, 0.05) is 39.1 Å². The Bertz CT molecular complexity index is 645. The molecule has 2 aromatic heterocycles. The summed E-state index contributed by atoms with van der Waals surface area (Å²) < 4.78 is 4.26. The van der Waals surface area contributed by atoms with Crippen LogP contribution >= 0.6 is 0 Å². The van der Waals surface area contributed by atoms with Crippen molar-refractivity contribution in [3.63, 3.8) is 0 Å². The minimum absolute atomic E-state index is 0.449. The van der Waals surface area contributed by atoms with Gasteiger partial charge < -0.3 is 9.47 Å². The van der Waals surface area contributed by atoms with E-state index < -0.39 is 0 Å². The van der Waals surface area contributed by atoms with Gasteiger partial charge in [-0.25, -0.2) is 4.98 Å². The number of imidazole rings is 1. The standard InChI is InChI=1S/C18H30N6/c1-5-24-16(8-9-20-24)13-21(2)12-15-7-6-10-22(3)18(15)17-11-19-14-23(17)4/h8-9,11,14-15,18H,5-7,10,12-13H2,1-4H3/t15-,18+/m0/s1. The second-order valence-corrected chi connectivity index (χ2v) is 7.09. The molecule has 6 heteroatoms. The van der Waals surface area contributed by atoms with Gasteiger partial charge in [-0.1, -0.05) is 0 Å². The van der Waals surface area contributed by atoms with Crippen LogP contribution in [0.3, 0.4) is 0 Å². The molecule has 24 heavy (non-hydrogen) atoms. The number of likely N-dealkylation sites (tertiary alicyclic amines) is 1. The van der Waals surface area contributed by atoms with E-state index in [9.17, 15) is 0 Å². The molecule has 1 fully saturated rings. The minimum Gasteiger partial charge on any atom is -0.336 e. The molecule has 0 unspecified atom stereocenters. The second-order valence-electron chi connectivity index (χ2n) is 7.09. The maximum Gasteiger partial charge on any atom is 0.0946 e. The summed E-state index contributed by atoms with van der Waals surface area (Å²) in [6.07, 6.45) is 8.40. The molecule has 0 saturated carbocycles. The van der Waals surface area contributed by atoms with Gasteiger partial charge in [0.25, 0.3) is 0 Å². The molecule has 3 rings (SSSR count). The minimum atomic E-state index is 0.449. The number of rotatable bonds is 6. The number of hydrogen-bond donors (Lipinski definition) is 0. The van der Waals surface area contributed by atoms with Crippen LogP contribution in [-0.4, -0.2) is 56.3 Å². The van der Waals surface area contributed by atoms with Gasteiger partial charge in [0.2, 0.25) is 0 Å². The Labute approximate surface area is 145 Å². The van der Waals surface area contributed by atoms with E-state index in [0.717, 1.165) is 19.6 Å². The molecule has 1 aliphatic heterocycles. The molecule has 0 spiro atoms. The third-order valence-electron chi connectivity index (χ3n) is 5.25. The van der Waals surface area contributed by atoms with Crippen molar-refractivity contribution < 1.29 is 0 Å². The molecule has 1 saturated heterocycles. The fourth-order valence-corrected chi connectivity index (χ4v) is 4.09. The van der Waals surface area contributed by atoms with Crippen molar-refractivity contribution in [1.82, 2.24) is 29.1 Å². The van der Waals surface area contributed by atoms with Crippen LogP contribution < -0.4 is 0 Å². The molecular weight excluding hydrogens is 300 g/mol. The third-order valence-corrected chi connectivity index (χ3v) is 5.25. The average Bonchev–Trinajstić information content (AvgIpc) is 3.16. The highest BCUT2D eigenvalue weighted by molar-refractivity contribution is 5.09. The van der Waals surface area contributed by atoms with Crippen LogP contribution in [0.5, 0.6) is 0 Å². The molecule has 2 atom stereocenters. The molecular formula is C18H30N6. The van der Waals surface area contributed by atoms with Crippen LogP contribution in [0.25, 0.3) is 0 Å². The van der Waals surface area contributed by atoms with Crippen molar-refractivity contribution in [1.29, 1.82) is 0 Å². The summed E-state index contributed by atoms with van der Waals surface area (Å²) in [7, 11) is 6.57. The summed E-state index contributed by atoms with van der Waals surface area (Å²) in [4.78, 5) is 9.28. The van der Waals surface area contributed by atoms with Gasteiger partial charge in [0.15, 0.2) is 0 Å². The third kappa shape index (κ3) is 3.54. The SMILES string of the molecule is CCn1nccc1CN(C)C[C@@H]1CCCN(C)[C@H]1c1cncn1C. The number of piperidine rings is 1. The molecule has 2 aromatic rings. The first kappa shape index (κ1) is 17.2. The lowest BCUT2D eigenvalue weighted by Gasteiger charge is -2.40. The Hall–Kier alpha value is -1.66. The summed E-state index contributed by atoms with van der Waals surface area (Å²) >= 11 is 0. The topological polar surface area (TPSA) is 42.1 Å². The monoisotopic (exact) mass is 330 g/mol. The van der Waals surface area contributed by atoms with Crippen molar-refractivity contribution >= 4 is 0 Å². The zero-order valence-corrected chi connectivity index (χ0v) is 15.4. The van der Waals surface area contributed by atoms with E-state index in [1.165, 1.54) is 30.8 Å². The molecule has 0 amide bonds. The Morgan fingerprint density at radius 2 is 2.17 bits per heavy atom. The predicted molar refractivity (Wildman–Crippen MR) is 95.5 cm³/mol. The maximum absolute atomic E-state index is 4.38. The van der Waals surface area contributed by atoms with Crippen molar-refractivity contribution in [2.45, 2.75) is 38.9 Å². The van der Waals surface area contributed by atoms with E-state index >= 15 is 0 Å². The molecule has 6 nitrogen and oxygen atoms in total. The number of aryl methyl sites for hydroxylation is 2. The highest BCUT2D eigenvalue weighted by Gasteiger charge is 2.32. The summed E-state index contributed by atoms with van der Waals surface area (Å²) in [5.41, 5.74) is 2.62. The molecule has 0 aromatic carbocycles. The second kappa shape index (κ2) is 7.49. The van der Waals surface area contributed by atoms with E-state index in [1.54, 1.807) is 0 Å². The quantitative estimate of drug-likeness (QED) is 0.814. The van der Waals surface area contributed by atoms with Crippen LogP contribution in [-0.2, 0) is 20.1 Å². The van der Waals surface area contributed by atoms with Gasteiger partial charge in [0.05, 0.1) is 23.8 Å². The van der Waals surface area contributed by atoms with Gasteiger partial charge in [-0.2, -0.15) is 5.10 Å². The molecule has 0 aliphatic carbocycles. The average molecular weight is 330 g/mol. The lowest BCUT2D eigenvalue weighted by atomic mass is 9.87. The zero-order valence-electron chi connectivity index (χ0n) is 15.4. The Morgan fingerprint density at radius 1 is 1.33 bits per heavy atom. The summed E-state index contributed by atoms with van der Waals surface area (Å²) in [6.45, 7) is 6.28. The van der Waals surface area contributed by atoms with Crippen LogP contribution in [0.2, 0.25) is 0 Å². The Morgan fingerprint density at radius 3 is 2.88 bits per heavy atom. The van der Waals surface area contributed by atoms with Gasteiger partial charge in [0.1, 0.15) is 0 Å². The van der Waals surface area contributed by atoms with E-state index in [4.69, 9.17) is 0 Å². The predicted octanol–water partition coefficient (Wildman–Crippen LogP) is 2.15. The van der Waals surface area contributed by atoms with E-state index in [2.05, 4.69) is 63.3 Å². The van der Waals surface area contributed by atoms with Crippen LogP contribution in [0.4, 0.5) is 0 Å². The van der Waals surface area contributed by atoms with Crippen LogP contribution in [0, 0.1) is 5.92 Å². The fourth-order valence-electron chi connectivity index (χ4n) is 4.09. The smallest absolute Gasteiger partial charge is 0.0946 e. The van der Waals surface area contributed by atoms with Gasteiger partial charge in [-0.15, -0.1) is 0 Å². The van der Waals surface area contributed by atoms with E-state index in [0.29, 0.717) is 12.0 Å².